The van der Waals surface area contributed by atoms with Crippen molar-refractivity contribution in [2.75, 3.05) is 12.9 Å². The summed E-state index contributed by atoms with van der Waals surface area (Å²) in [5.41, 5.74) is 0.474. The van der Waals surface area contributed by atoms with Crippen LogP contribution in [0.4, 0.5) is 4.39 Å². The van der Waals surface area contributed by atoms with Gasteiger partial charge in [0.1, 0.15) is 5.82 Å². The molecule has 6 nitrogen and oxygen atoms in total. The molecule has 1 aliphatic rings. The van der Waals surface area contributed by atoms with Crippen LogP contribution in [0.15, 0.2) is 58.6 Å². The Labute approximate surface area is 186 Å². The van der Waals surface area contributed by atoms with Crippen LogP contribution >= 0.6 is 11.8 Å². The molecule has 0 saturated heterocycles. The average Bonchev–Trinajstić information content (AvgIpc) is 3.08. The number of aliphatic hydroxyl groups excluding tert-OH is 2. The zero-order chi connectivity index (χ0) is 22.6. The zero-order valence-electron chi connectivity index (χ0n) is 17.6. The van der Waals surface area contributed by atoms with Crippen molar-refractivity contribution >= 4 is 23.4 Å². The molecule has 170 valence electrons. The van der Waals surface area contributed by atoms with Crippen molar-refractivity contribution in [3.63, 3.8) is 0 Å². The van der Waals surface area contributed by atoms with E-state index in [4.69, 9.17) is 0 Å². The number of allylic oxidation sites excluding steroid dienone is 3. The third kappa shape index (κ3) is 8.12. The van der Waals surface area contributed by atoms with Crippen molar-refractivity contribution in [1.29, 1.82) is 0 Å². The van der Waals surface area contributed by atoms with E-state index in [2.05, 4.69) is 9.89 Å². The number of rotatable bonds is 11. The molecule has 0 heterocycles. The van der Waals surface area contributed by atoms with Gasteiger partial charge in [-0.15, -0.1) is 11.8 Å². The number of methoxy groups -OCH3 is 1. The van der Waals surface area contributed by atoms with Crippen LogP contribution in [-0.2, 0) is 9.53 Å². The molecule has 1 aliphatic carbocycles. The van der Waals surface area contributed by atoms with Gasteiger partial charge in [0, 0.05) is 35.3 Å². The number of hydrogen-bond donors (Lipinski definition) is 3. The molecular formula is C23H30FNO5S. The van der Waals surface area contributed by atoms with E-state index in [9.17, 15) is 24.6 Å². The van der Waals surface area contributed by atoms with Gasteiger partial charge in [0.2, 0.25) is 0 Å². The smallest absolute Gasteiger partial charge is 0.305 e. The second kappa shape index (κ2) is 13.3. The second-order valence-electron chi connectivity index (χ2n) is 7.42. The SMILES string of the molecule is COC(=O)CCC/C=C\C[C@H]1[C@@H](O)C/C(=N/O)[C@@H]1/C=C/[C@@H](O)CSc1ccccc1F. The molecule has 0 aliphatic heterocycles. The van der Waals surface area contributed by atoms with Gasteiger partial charge in [-0.05, 0) is 31.4 Å². The fraction of sp³-hybridized carbons (Fsp3) is 0.478. The molecule has 0 spiro atoms. The highest BCUT2D eigenvalue weighted by Crippen LogP contribution is 2.34. The van der Waals surface area contributed by atoms with Crippen molar-refractivity contribution in [2.45, 2.75) is 49.2 Å². The zero-order valence-corrected chi connectivity index (χ0v) is 18.4. The van der Waals surface area contributed by atoms with E-state index in [1.165, 1.54) is 24.9 Å². The molecule has 4 atom stereocenters. The van der Waals surface area contributed by atoms with Gasteiger partial charge >= 0.3 is 5.97 Å². The first-order chi connectivity index (χ1) is 15.0. The Bertz CT molecular complexity index is 798. The van der Waals surface area contributed by atoms with Crippen LogP contribution in [0.5, 0.6) is 0 Å². The molecule has 0 bridgehead atoms. The van der Waals surface area contributed by atoms with Gasteiger partial charge in [0.15, 0.2) is 0 Å². The monoisotopic (exact) mass is 451 g/mol. The largest absolute Gasteiger partial charge is 0.469 e. The summed E-state index contributed by atoms with van der Waals surface area (Å²) in [4.78, 5) is 11.6. The van der Waals surface area contributed by atoms with Crippen LogP contribution in [0.3, 0.4) is 0 Å². The quantitative estimate of drug-likeness (QED) is 0.118. The Morgan fingerprint density at radius 3 is 2.87 bits per heavy atom. The van der Waals surface area contributed by atoms with Crippen molar-refractivity contribution in [1.82, 2.24) is 0 Å². The summed E-state index contributed by atoms with van der Waals surface area (Å²) >= 11 is 1.22. The van der Waals surface area contributed by atoms with Crippen molar-refractivity contribution in [2.24, 2.45) is 17.0 Å². The lowest BCUT2D eigenvalue weighted by atomic mass is 9.90. The summed E-state index contributed by atoms with van der Waals surface area (Å²) in [6.07, 6.45) is 8.45. The normalized spacial score (nSPS) is 23.7. The molecule has 0 radical (unpaired) electrons. The van der Waals surface area contributed by atoms with Gasteiger partial charge in [0.25, 0.3) is 0 Å². The molecule has 8 heteroatoms. The summed E-state index contributed by atoms with van der Waals surface area (Å²) in [7, 11) is 1.36. The van der Waals surface area contributed by atoms with Gasteiger partial charge in [-0.2, -0.15) is 0 Å². The van der Waals surface area contributed by atoms with Crippen LogP contribution in [0.1, 0.15) is 32.1 Å². The number of carbonyl (C=O) groups excluding carboxylic acids is 1. The fourth-order valence-corrected chi connectivity index (χ4v) is 4.37. The van der Waals surface area contributed by atoms with Crippen molar-refractivity contribution < 1.29 is 29.3 Å². The van der Waals surface area contributed by atoms with Crippen LogP contribution in [0.25, 0.3) is 0 Å². The average molecular weight is 452 g/mol. The maximum absolute atomic E-state index is 13.7. The third-order valence-corrected chi connectivity index (χ3v) is 6.38. The highest BCUT2D eigenvalue weighted by Gasteiger charge is 2.38. The first kappa shape index (κ1) is 25.1. The van der Waals surface area contributed by atoms with E-state index in [-0.39, 0.29) is 35.8 Å². The lowest BCUT2D eigenvalue weighted by Gasteiger charge is -2.18. The minimum Gasteiger partial charge on any atom is -0.469 e. The van der Waals surface area contributed by atoms with E-state index >= 15 is 0 Å². The molecule has 0 unspecified atom stereocenters. The van der Waals surface area contributed by atoms with Crippen molar-refractivity contribution in [3.05, 3.63) is 54.4 Å². The minimum absolute atomic E-state index is 0.176. The highest BCUT2D eigenvalue weighted by molar-refractivity contribution is 7.99. The first-order valence-electron chi connectivity index (χ1n) is 10.3. The number of nitrogens with zero attached hydrogens (tertiary/aromatic N) is 1. The summed E-state index contributed by atoms with van der Waals surface area (Å²) in [5.74, 6) is -0.752. The number of oxime groups is 1. The van der Waals surface area contributed by atoms with E-state index in [0.29, 0.717) is 29.9 Å². The second-order valence-corrected chi connectivity index (χ2v) is 8.48. The number of hydrogen-bond acceptors (Lipinski definition) is 7. The molecule has 2 rings (SSSR count). The lowest BCUT2D eigenvalue weighted by Crippen LogP contribution is -2.19. The summed E-state index contributed by atoms with van der Waals surface area (Å²) in [6, 6.07) is 6.39. The molecule has 1 aromatic carbocycles. The molecule has 1 aromatic rings. The van der Waals surface area contributed by atoms with E-state index in [1.807, 2.05) is 12.2 Å². The number of halogens is 1. The van der Waals surface area contributed by atoms with E-state index in [0.717, 1.165) is 6.42 Å². The maximum atomic E-state index is 13.7. The molecule has 0 aromatic heterocycles. The minimum atomic E-state index is -0.809. The Balaban J connectivity index is 1.89. The van der Waals surface area contributed by atoms with Gasteiger partial charge < -0.3 is 20.2 Å². The molecule has 0 amide bonds. The van der Waals surface area contributed by atoms with Crippen LogP contribution in [0, 0.1) is 17.7 Å². The number of ether oxygens (including phenoxy) is 1. The van der Waals surface area contributed by atoms with Crippen LogP contribution in [0.2, 0.25) is 0 Å². The Kier molecular flexibility index (Phi) is 10.8. The molecule has 3 N–H and O–H groups in total. The lowest BCUT2D eigenvalue weighted by molar-refractivity contribution is -0.140. The van der Waals surface area contributed by atoms with Crippen LogP contribution < -0.4 is 0 Å². The molecule has 1 fully saturated rings. The number of carbonyl (C=O) groups is 1. The highest BCUT2D eigenvalue weighted by atomic mass is 32.2. The van der Waals surface area contributed by atoms with E-state index in [1.54, 1.807) is 30.4 Å². The van der Waals surface area contributed by atoms with Gasteiger partial charge in [-0.3, -0.25) is 4.79 Å². The number of thioether (sulfide) groups is 1. The Morgan fingerprint density at radius 1 is 1.39 bits per heavy atom. The number of benzene rings is 1. The Hall–Kier alpha value is -2.16. The predicted octanol–water partition coefficient (Wildman–Crippen LogP) is 3.95. The first-order valence-corrected chi connectivity index (χ1v) is 11.3. The standard InChI is InChI=1S/C23H30FNO5S/c1-30-23(28)11-5-3-2-4-8-18-17(20(25-29)14-21(18)27)13-12-16(26)15-31-22-10-7-6-9-19(22)24/h2,4,6-7,9-10,12-13,16-18,21,26-27,29H,3,5,8,11,14-15H2,1H3/b4-2-,13-12+,25-20-/t16-,17-,18-,21+/m1/s1. The number of aliphatic hydroxyl groups is 2. The van der Waals surface area contributed by atoms with Gasteiger partial charge in [0.05, 0.1) is 25.0 Å². The molecule has 31 heavy (non-hydrogen) atoms. The van der Waals surface area contributed by atoms with Crippen LogP contribution in [-0.4, -0.2) is 52.2 Å². The third-order valence-electron chi connectivity index (χ3n) is 5.23. The van der Waals surface area contributed by atoms with E-state index < -0.39 is 12.2 Å². The number of unbranched alkanes of at least 4 members (excludes halogenated alkanes) is 1. The molecule has 1 saturated carbocycles. The van der Waals surface area contributed by atoms with Crippen molar-refractivity contribution in [3.8, 4) is 0 Å². The fourth-order valence-electron chi connectivity index (χ4n) is 3.53. The van der Waals surface area contributed by atoms with Gasteiger partial charge in [-0.1, -0.05) is 41.6 Å². The summed E-state index contributed by atoms with van der Waals surface area (Å²) in [5, 5.41) is 33.3. The van der Waals surface area contributed by atoms with Gasteiger partial charge in [-0.25, -0.2) is 4.39 Å². The predicted molar refractivity (Wildman–Crippen MR) is 119 cm³/mol. The summed E-state index contributed by atoms with van der Waals surface area (Å²) < 4.78 is 18.3. The summed E-state index contributed by atoms with van der Waals surface area (Å²) in [6.45, 7) is 0. The topological polar surface area (TPSA) is 99.4 Å². The molecular weight excluding hydrogens is 421 g/mol. The Morgan fingerprint density at radius 2 is 2.16 bits per heavy atom. The number of esters is 1. The maximum Gasteiger partial charge on any atom is 0.305 e.